The summed E-state index contributed by atoms with van der Waals surface area (Å²) >= 11 is 13.8. The smallest absolute Gasteiger partial charge is 0.417 e. The first-order valence-corrected chi connectivity index (χ1v) is 19.3. The van der Waals surface area contributed by atoms with E-state index in [-0.39, 0.29) is 89.2 Å². The van der Waals surface area contributed by atoms with E-state index in [0.29, 0.717) is 12.2 Å². The maximum absolute atomic E-state index is 11.4. The topological polar surface area (TPSA) is 328 Å². The van der Waals surface area contributed by atoms with Crippen LogP contribution in [-0.2, 0) is 100 Å². The van der Waals surface area contributed by atoms with Gasteiger partial charge in [0, 0.05) is 35.3 Å². The van der Waals surface area contributed by atoms with Crippen molar-refractivity contribution in [3.05, 3.63) is 48.6 Å². The van der Waals surface area contributed by atoms with Gasteiger partial charge in [0.2, 0.25) is 0 Å². The fraction of sp³-hybridized carbons (Fsp3) is 0.487. The Morgan fingerprint density at radius 1 is 0.338 bits per heavy atom. The summed E-state index contributed by atoms with van der Waals surface area (Å²) in [6.07, 6.45) is 2.03. The van der Waals surface area contributed by atoms with Gasteiger partial charge in [-0.05, 0) is 68.9 Å². The molecule has 0 atom stereocenters. The number of carbonyl (C=O) groups excluding carboxylic acids is 12. The number of ether oxygens (including phenoxy) is 9. The van der Waals surface area contributed by atoms with Gasteiger partial charge in [-0.1, -0.05) is 39.7 Å². The van der Waals surface area contributed by atoms with E-state index in [9.17, 15) is 57.5 Å². The number of rotatable bonds is 23. The zero-order valence-corrected chi connectivity index (χ0v) is 38.6. The van der Waals surface area contributed by atoms with Crippen molar-refractivity contribution in [3.8, 4) is 0 Å². The minimum atomic E-state index is -1.29. The summed E-state index contributed by atoms with van der Waals surface area (Å²) in [7, 11) is 0. The van der Waals surface area contributed by atoms with Gasteiger partial charge in [-0.15, -0.1) is 0 Å². The third-order valence-corrected chi connectivity index (χ3v) is 5.88. The molecule has 0 aliphatic carbocycles. The summed E-state index contributed by atoms with van der Waals surface area (Å²) in [5.41, 5.74) is 0.931. The van der Waals surface area contributed by atoms with Gasteiger partial charge in [-0.2, -0.15) is 0 Å². The van der Waals surface area contributed by atoms with Crippen LogP contribution in [0, 0.1) is 0 Å². The van der Waals surface area contributed by atoms with Gasteiger partial charge in [0.1, 0.15) is 46.2 Å². The van der Waals surface area contributed by atoms with Gasteiger partial charge in [0.15, 0.2) is 0 Å². The summed E-state index contributed by atoms with van der Waals surface area (Å²) in [4.78, 5) is 128. The Labute approximate surface area is 388 Å². The Morgan fingerprint density at radius 2 is 0.569 bits per heavy atom. The summed E-state index contributed by atoms with van der Waals surface area (Å²) in [5.74, 6) is -8.70. The van der Waals surface area contributed by atoms with Gasteiger partial charge in [0.05, 0.1) is 19.8 Å². The Kier molecular flexibility index (Phi) is 46.7. The number of halogens is 3. The fourth-order valence-corrected chi connectivity index (χ4v) is 2.33. The number of esters is 9. The average Bonchev–Trinajstić information content (AvgIpc) is 3.24. The number of aliphatic hydroxyl groups excluding tert-OH is 2. The molecule has 368 valence electrons. The lowest BCUT2D eigenvalue weighted by atomic mass is 10.4. The van der Waals surface area contributed by atoms with Crippen molar-refractivity contribution < 1.29 is 110 Å². The molecule has 0 rings (SSSR count). The van der Waals surface area contributed by atoms with Gasteiger partial charge >= 0.3 is 69.5 Å². The second kappa shape index (κ2) is 44.6. The van der Waals surface area contributed by atoms with Crippen molar-refractivity contribution in [3.63, 3.8) is 0 Å². The Bertz CT molecular complexity index is 1550. The zero-order valence-electron chi connectivity index (χ0n) is 36.3. The van der Waals surface area contributed by atoms with Crippen LogP contribution < -0.4 is 0 Å². The summed E-state index contributed by atoms with van der Waals surface area (Å²) in [6.45, 7) is 19.5. The van der Waals surface area contributed by atoms with Gasteiger partial charge < -0.3 is 52.8 Å². The van der Waals surface area contributed by atoms with E-state index in [0.717, 1.165) is 12.8 Å². The average molecular weight is 996 g/mol. The van der Waals surface area contributed by atoms with Crippen molar-refractivity contribution in [1.82, 2.24) is 0 Å². The van der Waals surface area contributed by atoms with Crippen molar-refractivity contribution in [2.45, 2.75) is 53.9 Å². The van der Waals surface area contributed by atoms with Gasteiger partial charge in [-0.3, -0.25) is 14.4 Å². The van der Waals surface area contributed by atoms with E-state index in [4.69, 9.17) is 21.8 Å². The predicted molar refractivity (Wildman–Crippen MR) is 224 cm³/mol. The molecule has 0 amide bonds. The van der Waals surface area contributed by atoms with Crippen molar-refractivity contribution in [2.75, 3.05) is 72.7 Å². The zero-order chi connectivity index (χ0) is 51.5. The molecule has 65 heavy (non-hydrogen) atoms. The van der Waals surface area contributed by atoms with E-state index in [2.05, 4.69) is 99.1 Å². The Morgan fingerprint density at radius 3 is 0.754 bits per heavy atom. The largest absolute Gasteiger partial charge is 0.460 e. The highest BCUT2D eigenvalue weighted by atomic mass is 35.5. The third-order valence-electron chi connectivity index (χ3n) is 5.28. The van der Waals surface area contributed by atoms with E-state index < -0.39 is 69.5 Å². The lowest BCUT2D eigenvalue weighted by molar-refractivity contribution is -0.171. The van der Waals surface area contributed by atoms with E-state index in [1.54, 1.807) is 6.92 Å². The van der Waals surface area contributed by atoms with Gasteiger partial charge in [0.25, 0.3) is 0 Å². The first kappa shape index (κ1) is 68.1. The first-order valence-electron chi connectivity index (χ1n) is 18.2. The molecular weight excluding hydrogens is 943 g/mol. The van der Waals surface area contributed by atoms with Crippen molar-refractivity contribution in [1.29, 1.82) is 0 Å². The third kappa shape index (κ3) is 48.9. The normalized spacial score (nSPS) is 9.08. The van der Waals surface area contributed by atoms with Crippen LogP contribution in [0.5, 0.6) is 0 Å². The van der Waals surface area contributed by atoms with E-state index in [1.165, 1.54) is 20.8 Å². The number of aliphatic hydroxyl groups is 2. The number of hydrogen-bond donors (Lipinski definition) is 2. The molecule has 2 N–H and O–H groups in total. The molecule has 0 fully saturated rings. The van der Waals surface area contributed by atoms with Crippen LogP contribution in [0.2, 0.25) is 0 Å². The summed E-state index contributed by atoms with van der Waals surface area (Å²) in [5, 5.41) is 12.8. The molecule has 0 unspecified atom stereocenters. The molecule has 0 aromatic carbocycles. The fourth-order valence-electron chi connectivity index (χ4n) is 2.28. The molecular formula is C39H53Cl3O23. The highest BCUT2D eigenvalue weighted by molar-refractivity contribution is 6.97. The summed E-state index contributed by atoms with van der Waals surface area (Å²) in [6, 6.07) is 0. The second-order valence-corrected chi connectivity index (χ2v) is 12.3. The van der Waals surface area contributed by atoms with Crippen molar-refractivity contribution in [2.24, 2.45) is 0 Å². The lowest BCUT2D eigenvalue weighted by Gasteiger charge is -2.07. The molecule has 0 aromatic rings. The molecule has 0 radical (unpaired) electrons. The van der Waals surface area contributed by atoms with Crippen LogP contribution in [-0.4, -0.2) is 152 Å². The highest BCUT2D eigenvalue weighted by Gasteiger charge is 2.19. The molecule has 0 aliphatic heterocycles. The quantitative estimate of drug-likeness (QED) is 0.0367. The maximum atomic E-state index is 11.4. The minimum Gasteiger partial charge on any atom is -0.460 e. The maximum Gasteiger partial charge on any atom is 0.417 e. The highest BCUT2D eigenvalue weighted by Crippen LogP contribution is 1.97. The molecule has 0 saturated heterocycles. The molecule has 0 heterocycles. The molecule has 0 bridgehead atoms. The van der Waals surface area contributed by atoms with Crippen molar-refractivity contribution >= 4 is 104 Å². The van der Waals surface area contributed by atoms with Crippen LogP contribution in [0.1, 0.15) is 53.9 Å². The molecule has 0 spiro atoms. The van der Waals surface area contributed by atoms with Gasteiger partial charge in [-0.25, -0.2) is 43.2 Å². The lowest BCUT2D eigenvalue weighted by Crippen LogP contribution is -2.25. The van der Waals surface area contributed by atoms with Crippen LogP contribution >= 0.6 is 34.8 Å². The molecule has 0 aromatic heterocycles. The molecule has 0 aliphatic rings. The van der Waals surface area contributed by atoms with Crippen LogP contribution in [0.4, 0.5) is 0 Å². The predicted octanol–water partition coefficient (Wildman–Crippen LogP) is 1.60. The monoisotopic (exact) mass is 994 g/mol. The first-order chi connectivity index (χ1) is 30.2. The number of carbonyl (C=O) groups is 12. The number of unbranched alkanes of at least 4 members (excludes halogenated alkanes) is 1. The van der Waals surface area contributed by atoms with Crippen LogP contribution in [0.3, 0.4) is 0 Å². The van der Waals surface area contributed by atoms with Crippen LogP contribution in [0.25, 0.3) is 0 Å². The SMILES string of the molecule is C=C(C)C(=O)OCCO.C=C(C)C(=O)OCCOC(=O)C(=O)Cl.C=C(C)C(=O)OCCOC(=O)C(=O)OCCCOC(=O)C(=O)OCCOC(=O)C(=C)C.CCCCO.O=C(Cl)C(=O)Cl. The minimum absolute atomic E-state index is 0.00944. The Balaban J connectivity index is -0.000000286. The Hall–Kier alpha value is -6.01. The standard InChI is InChI=1S/C19H24O12.C8H9ClO5.C6H10O3.C4H10O.C2Cl2O2/c1-12(2)14(20)28-8-10-30-18(24)16(22)26-6-5-7-27-17(23)19(25)31-11-9-29-15(21)13(3)4;1-5(2)7(11)13-3-4-14-8(12)6(9)10;1-5(2)6(8)9-4-3-7;1-2-3-4-5;3-1(5)2(4)6/h1,3,5-11H2,2,4H3;1,3-4H2,2H3;7H,1,3-4H2,2H3;5H,2-4H2,1H3;. The molecule has 23 nitrogen and oxygen atoms in total. The second-order valence-electron chi connectivity index (χ2n) is 11.3. The van der Waals surface area contributed by atoms with Crippen LogP contribution in [0.15, 0.2) is 48.6 Å². The summed E-state index contributed by atoms with van der Waals surface area (Å²) < 4.78 is 40.9. The molecule has 26 heteroatoms. The van der Waals surface area contributed by atoms with E-state index >= 15 is 0 Å². The number of hydrogen-bond acceptors (Lipinski definition) is 23. The van der Waals surface area contributed by atoms with E-state index in [1.807, 2.05) is 0 Å². The molecule has 0 saturated carbocycles.